The Hall–Kier alpha value is -3.88. The number of nitrogens with zero attached hydrogens (tertiary/aromatic N) is 3. The maximum absolute atomic E-state index is 13.6. The summed E-state index contributed by atoms with van der Waals surface area (Å²) in [6.07, 6.45) is 1.57. The van der Waals surface area contributed by atoms with Crippen LogP contribution >= 0.6 is 11.6 Å². The Morgan fingerprint density at radius 1 is 0.923 bits per heavy atom. The van der Waals surface area contributed by atoms with Gasteiger partial charge in [-0.1, -0.05) is 41.9 Å². The highest BCUT2D eigenvalue weighted by atomic mass is 35.5. The molecule has 0 aliphatic rings. The van der Waals surface area contributed by atoms with E-state index >= 15 is 0 Å². The Bertz CT molecular complexity index is 1660. The number of nitrogens with one attached hydrogen (secondary N) is 1. The summed E-state index contributed by atoms with van der Waals surface area (Å²) >= 11 is 6.19. The predicted octanol–water partition coefficient (Wildman–Crippen LogP) is 6.02. The first-order chi connectivity index (χ1) is 18.5. The topological polar surface area (TPSA) is 83.8 Å². The summed E-state index contributed by atoms with van der Waals surface area (Å²) in [4.78, 5) is 13.0. The van der Waals surface area contributed by atoms with Crippen molar-refractivity contribution in [1.29, 1.82) is 0 Å². The SMILES string of the molecule is Cc1ccc(-n2c(C)cc(/C=N\NC(=O)CN(c3cc(Cl)ccc3C)S(=O)(=O)c3ccccc3)c2C)cc1C. The Balaban J connectivity index is 1.58. The van der Waals surface area contributed by atoms with Crippen molar-refractivity contribution in [1.82, 2.24) is 9.99 Å². The number of aromatic nitrogens is 1. The van der Waals surface area contributed by atoms with E-state index in [1.54, 1.807) is 43.5 Å². The summed E-state index contributed by atoms with van der Waals surface area (Å²) in [5.74, 6) is -0.590. The van der Waals surface area contributed by atoms with Gasteiger partial charge in [0, 0.05) is 27.7 Å². The van der Waals surface area contributed by atoms with E-state index < -0.39 is 22.5 Å². The number of aryl methyl sites for hydroxylation is 4. The van der Waals surface area contributed by atoms with Gasteiger partial charge in [0.1, 0.15) is 6.54 Å². The summed E-state index contributed by atoms with van der Waals surface area (Å²) < 4.78 is 30.3. The van der Waals surface area contributed by atoms with Crippen LogP contribution in [0.25, 0.3) is 5.69 Å². The van der Waals surface area contributed by atoms with Crippen LogP contribution in [0.2, 0.25) is 5.02 Å². The van der Waals surface area contributed by atoms with Gasteiger partial charge >= 0.3 is 0 Å². The third kappa shape index (κ3) is 6.08. The van der Waals surface area contributed by atoms with Crippen molar-refractivity contribution in [3.05, 3.63) is 111 Å². The van der Waals surface area contributed by atoms with Crippen LogP contribution in [0, 0.1) is 34.6 Å². The molecule has 0 aliphatic heterocycles. The van der Waals surface area contributed by atoms with Crippen LogP contribution in [-0.4, -0.2) is 31.7 Å². The molecular formula is C30H31ClN4O3S. The molecule has 0 unspecified atom stereocenters. The lowest BCUT2D eigenvalue weighted by atomic mass is 10.1. The predicted molar refractivity (Wildman–Crippen MR) is 158 cm³/mol. The van der Waals surface area contributed by atoms with E-state index in [1.807, 2.05) is 19.9 Å². The number of benzene rings is 3. The molecule has 0 aliphatic carbocycles. The normalized spacial score (nSPS) is 11.6. The van der Waals surface area contributed by atoms with Crippen molar-refractivity contribution in [2.75, 3.05) is 10.8 Å². The molecule has 0 saturated heterocycles. The smallest absolute Gasteiger partial charge is 0.264 e. The van der Waals surface area contributed by atoms with E-state index in [2.05, 4.69) is 47.1 Å². The summed E-state index contributed by atoms with van der Waals surface area (Å²) in [6, 6.07) is 21.2. The van der Waals surface area contributed by atoms with Gasteiger partial charge in [-0.2, -0.15) is 5.10 Å². The van der Waals surface area contributed by atoms with Crippen LogP contribution in [-0.2, 0) is 14.8 Å². The van der Waals surface area contributed by atoms with Gasteiger partial charge < -0.3 is 4.57 Å². The number of hydrogen-bond acceptors (Lipinski definition) is 4. The number of hydrazone groups is 1. The van der Waals surface area contributed by atoms with Crippen LogP contribution in [0.1, 0.15) is 33.6 Å². The summed E-state index contributed by atoms with van der Waals surface area (Å²) in [5.41, 5.74) is 9.78. The lowest BCUT2D eigenvalue weighted by molar-refractivity contribution is -0.119. The zero-order chi connectivity index (χ0) is 28.3. The van der Waals surface area contributed by atoms with Crippen molar-refractivity contribution in [3.8, 4) is 5.69 Å². The standard InChI is InChI=1S/C30H31ClN4O3S/c1-20-12-14-27(15-22(20)3)35-23(4)16-25(24(35)5)18-32-33-30(36)19-34(29-17-26(31)13-11-21(29)2)39(37,38)28-9-7-6-8-10-28/h6-18H,19H2,1-5H3,(H,33,36)/b32-18-. The Kier molecular flexibility index (Phi) is 8.28. The minimum absolute atomic E-state index is 0.0689. The quantitative estimate of drug-likeness (QED) is 0.210. The molecule has 1 N–H and O–H groups in total. The maximum atomic E-state index is 13.6. The second-order valence-corrected chi connectivity index (χ2v) is 11.8. The minimum atomic E-state index is -4.05. The molecule has 0 atom stereocenters. The molecule has 0 bridgehead atoms. The molecule has 1 amide bonds. The fourth-order valence-electron chi connectivity index (χ4n) is 4.39. The highest BCUT2D eigenvalue weighted by Gasteiger charge is 2.28. The Morgan fingerprint density at radius 2 is 1.62 bits per heavy atom. The number of sulfonamides is 1. The van der Waals surface area contributed by atoms with Gasteiger partial charge in [0.15, 0.2) is 0 Å². The van der Waals surface area contributed by atoms with Crippen LogP contribution in [0.3, 0.4) is 0 Å². The maximum Gasteiger partial charge on any atom is 0.264 e. The van der Waals surface area contributed by atoms with Gasteiger partial charge in [0.25, 0.3) is 15.9 Å². The van der Waals surface area contributed by atoms with E-state index in [-0.39, 0.29) is 4.90 Å². The molecule has 9 heteroatoms. The number of halogens is 1. The molecule has 0 radical (unpaired) electrons. The van der Waals surface area contributed by atoms with Crippen molar-refractivity contribution >= 4 is 39.4 Å². The highest BCUT2D eigenvalue weighted by Crippen LogP contribution is 2.29. The van der Waals surface area contributed by atoms with Crippen molar-refractivity contribution in [2.24, 2.45) is 5.10 Å². The fraction of sp³-hybridized carbons (Fsp3) is 0.200. The lowest BCUT2D eigenvalue weighted by Gasteiger charge is -2.25. The van der Waals surface area contributed by atoms with E-state index in [4.69, 9.17) is 11.6 Å². The minimum Gasteiger partial charge on any atom is -0.318 e. The number of carbonyl (C=O) groups is 1. The molecule has 0 fully saturated rings. The zero-order valence-electron chi connectivity index (χ0n) is 22.6. The molecule has 3 aromatic carbocycles. The number of anilines is 1. The number of amides is 1. The molecule has 202 valence electrons. The van der Waals surface area contributed by atoms with Crippen molar-refractivity contribution in [3.63, 3.8) is 0 Å². The monoisotopic (exact) mass is 562 g/mol. The van der Waals surface area contributed by atoms with Crippen LogP contribution in [0.5, 0.6) is 0 Å². The molecule has 4 aromatic rings. The van der Waals surface area contributed by atoms with Gasteiger partial charge in [-0.05, 0) is 93.8 Å². The average molecular weight is 563 g/mol. The van der Waals surface area contributed by atoms with Crippen LogP contribution in [0.15, 0.2) is 82.8 Å². The number of rotatable bonds is 8. The lowest BCUT2D eigenvalue weighted by Crippen LogP contribution is -2.40. The van der Waals surface area contributed by atoms with Gasteiger partial charge in [0.2, 0.25) is 0 Å². The third-order valence-corrected chi connectivity index (χ3v) is 8.68. The number of carbonyl (C=O) groups excluding carboxylic acids is 1. The molecular weight excluding hydrogens is 532 g/mol. The number of hydrogen-bond donors (Lipinski definition) is 1. The van der Waals surface area contributed by atoms with E-state index in [9.17, 15) is 13.2 Å². The third-order valence-electron chi connectivity index (χ3n) is 6.67. The Labute approximate surface area is 234 Å². The van der Waals surface area contributed by atoms with Crippen LogP contribution < -0.4 is 9.73 Å². The van der Waals surface area contributed by atoms with E-state index in [0.29, 0.717) is 16.3 Å². The molecule has 1 aromatic heterocycles. The largest absolute Gasteiger partial charge is 0.318 e. The first kappa shape index (κ1) is 28.1. The Morgan fingerprint density at radius 3 is 2.31 bits per heavy atom. The van der Waals surface area contributed by atoms with Crippen molar-refractivity contribution < 1.29 is 13.2 Å². The first-order valence-corrected chi connectivity index (χ1v) is 14.2. The zero-order valence-corrected chi connectivity index (χ0v) is 24.1. The second-order valence-electron chi connectivity index (χ2n) is 9.48. The summed E-state index contributed by atoms with van der Waals surface area (Å²) in [7, 11) is -4.05. The van der Waals surface area contributed by atoms with E-state index in [1.165, 1.54) is 29.3 Å². The van der Waals surface area contributed by atoms with Gasteiger partial charge in [-0.3, -0.25) is 9.10 Å². The van der Waals surface area contributed by atoms with Gasteiger partial charge in [-0.25, -0.2) is 13.8 Å². The molecule has 0 saturated carbocycles. The first-order valence-electron chi connectivity index (χ1n) is 12.4. The fourth-order valence-corrected chi connectivity index (χ4v) is 6.06. The molecule has 1 heterocycles. The molecule has 0 spiro atoms. The average Bonchev–Trinajstić information content (AvgIpc) is 3.18. The van der Waals surface area contributed by atoms with Crippen LogP contribution in [0.4, 0.5) is 5.69 Å². The van der Waals surface area contributed by atoms with Gasteiger partial charge in [-0.15, -0.1) is 0 Å². The highest BCUT2D eigenvalue weighted by molar-refractivity contribution is 7.92. The molecule has 39 heavy (non-hydrogen) atoms. The summed E-state index contributed by atoms with van der Waals surface area (Å²) in [6.45, 7) is 9.45. The van der Waals surface area contributed by atoms with E-state index in [0.717, 1.165) is 26.9 Å². The molecule has 7 nitrogen and oxygen atoms in total. The van der Waals surface area contributed by atoms with Gasteiger partial charge in [0.05, 0.1) is 16.8 Å². The second kappa shape index (κ2) is 11.5. The van der Waals surface area contributed by atoms with Crippen molar-refractivity contribution in [2.45, 2.75) is 39.5 Å². The summed E-state index contributed by atoms with van der Waals surface area (Å²) in [5, 5.41) is 4.50. The molecule has 4 rings (SSSR count).